The van der Waals surface area contributed by atoms with Gasteiger partial charge in [0, 0.05) is 23.2 Å². The summed E-state index contributed by atoms with van der Waals surface area (Å²) >= 11 is 0. The standard InChI is InChI=1S/C23H26N6O3/c1-31-22-20-18(14-2-7-19-15(12-14)8-9-25-29-19)13-24-21(20)27-23(28-22)26-16-3-5-17(6-4-16)32-11-10-30/h2,7-9,12-13,16-17,30H,3-6,10-11H2,1H3,(H2,24,26,27,28)/t16-,17+. The van der Waals surface area contributed by atoms with E-state index < -0.39 is 0 Å². The largest absolute Gasteiger partial charge is 0.480 e. The van der Waals surface area contributed by atoms with Gasteiger partial charge in [-0.3, -0.25) is 0 Å². The highest BCUT2D eigenvalue weighted by Gasteiger charge is 2.23. The third-order valence-electron chi connectivity index (χ3n) is 5.97. The van der Waals surface area contributed by atoms with Gasteiger partial charge < -0.3 is 24.9 Å². The van der Waals surface area contributed by atoms with E-state index in [1.807, 2.05) is 24.4 Å². The van der Waals surface area contributed by atoms with Crippen LogP contribution in [0.1, 0.15) is 25.7 Å². The number of H-pyrrole nitrogens is 1. The Morgan fingerprint density at radius 1 is 1.16 bits per heavy atom. The van der Waals surface area contributed by atoms with Gasteiger partial charge in [0.2, 0.25) is 11.8 Å². The smallest absolute Gasteiger partial charge is 0.228 e. The molecule has 0 amide bonds. The van der Waals surface area contributed by atoms with Gasteiger partial charge >= 0.3 is 0 Å². The van der Waals surface area contributed by atoms with Crippen molar-refractivity contribution in [1.82, 2.24) is 25.1 Å². The van der Waals surface area contributed by atoms with Crippen LogP contribution in [-0.2, 0) is 4.74 Å². The maximum atomic E-state index is 8.93. The van der Waals surface area contributed by atoms with Crippen LogP contribution in [0, 0.1) is 0 Å². The van der Waals surface area contributed by atoms with Crippen LogP contribution in [0.15, 0.2) is 36.7 Å². The first-order chi connectivity index (χ1) is 15.7. The zero-order valence-corrected chi connectivity index (χ0v) is 17.9. The van der Waals surface area contributed by atoms with Gasteiger partial charge in [-0.15, -0.1) is 0 Å². The summed E-state index contributed by atoms with van der Waals surface area (Å²) in [6.45, 7) is 0.469. The van der Waals surface area contributed by atoms with Gasteiger partial charge in [0.15, 0.2) is 0 Å². The lowest BCUT2D eigenvalue weighted by molar-refractivity contribution is 0.00719. The average molecular weight is 435 g/mol. The van der Waals surface area contributed by atoms with Gasteiger partial charge in [-0.2, -0.15) is 20.2 Å². The highest BCUT2D eigenvalue weighted by Crippen LogP contribution is 2.35. The van der Waals surface area contributed by atoms with E-state index in [-0.39, 0.29) is 18.8 Å². The normalized spacial score (nSPS) is 18.8. The molecule has 0 radical (unpaired) electrons. The summed E-state index contributed by atoms with van der Waals surface area (Å²) in [6.07, 6.45) is 7.69. The van der Waals surface area contributed by atoms with E-state index in [9.17, 15) is 0 Å². The number of nitrogens with zero attached hydrogens (tertiary/aromatic N) is 4. The summed E-state index contributed by atoms with van der Waals surface area (Å²) < 4.78 is 11.3. The first kappa shape index (κ1) is 20.6. The SMILES string of the molecule is COc1nc(N[C@H]2CC[C@@H](OCCO)CC2)nc2[nH]cc(-c3ccc4nnccc4c3)c12. The summed E-state index contributed by atoms with van der Waals surface area (Å²) in [5, 5.41) is 22.3. The summed E-state index contributed by atoms with van der Waals surface area (Å²) in [4.78, 5) is 12.6. The Morgan fingerprint density at radius 3 is 2.84 bits per heavy atom. The van der Waals surface area contributed by atoms with Crippen LogP contribution in [0.25, 0.3) is 33.1 Å². The van der Waals surface area contributed by atoms with E-state index in [0.29, 0.717) is 18.4 Å². The molecule has 1 aromatic carbocycles. The molecule has 3 heterocycles. The highest BCUT2D eigenvalue weighted by atomic mass is 16.5. The number of aromatic amines is 1. The van der Waals surface area contributed by atoms with Gasteiger partial charge in [0.05, 0.1) is 43.5 Å². The van der Waals surface area contributed by atoms with Crippen LogP contribution >= 0.6 is 0 Å². The first-order valence-corrected chi connectivity index (χ1v) is 10.9. The number of aliphatic hydroxyl groups excluding tert-OH is 1. The molecule has 3 aromatic heterocycles. The van der Waals surface area contributed by atoms with Crippen LogP contribution in [0.4, 0.5) is 5.95 Å². The fourth-order valence-electron chi connectivity index (χ4n) is 4.37. The van der Waals surface area contributed by atoms with E-state index in [1.54, 1.807) is 13.3 Å². The summed E-state index contributed by atoms with van der Waals surface area (Å²) in [7, 11) is 1.63. The topological polar surface area (TPSA) is 118 Å². The van der Waals surface area contributed by atoms with Crippen molar-refractivity contribution in [3.05, 3.63) is 36.7 Å². The molecule has 0 bridgehead atoms. The van der Waals surface area contributed by atoms with E-state index in [4.69, 9.17) is 19.6 Å². The van der Waals surface area contributed by atoms with Crippen LogP contribution < -0.4 is 10.1 Å². The van der Waals surface area contributed by atoms with Crippen molar-refractivity contribution in [2.45, 2.75) is 37.8 Å². The molecule has 1 fully saturated rings. The van der Waals surface area contributed by atoms with Gasteiger partial charge in [0.1, 0.15) is 5.65 Å². The third-order valence-corrected chi connectivity index (χ3v) is 5.97. The van der Waals surface area contributed by atoms with E-state index in [1.165, 1.54) is 0 Å². The summed E-state index contributed by atoms with van der Waals surface area (Å²) in [5.41, 5.74) is 3.58. The Bertz CT molecular complexity index is 1220. The van der Waals surface area contributed by atoms with Crippen molar-refractivity contribution < 1.29 is 14.6 Å². The minimum absolute atomic E-state index is 0.0667. The maximum absolute atomic E-state index is 8.93. The van der Waals surface area contributed by atoms with Crippen LogP contribution in [-0.4, -0.2) is 62.7 Å². The zero-order chi connectivity index (χ0) is 21.9. The second-order valence-corrected chi connectivity index (χ2v) is 8.00. The van der Waals surface area contributed by atoms with Gasteiger partial charge in [-0.05, 0) is 49.4 Å². The van der Waals surface area contributed by atoms with Crippen molar-refractivity contribution in [3.63, 3.8) is 0 Å². The molecular formula is C23H26N6O3. The number of hydrogen-bond donors (Lipinski definition) is 3. The van der Waals surface area contributed by atoms with E-state index >= 15 is 0 Å². The fraction of sp³-hybridized carbons (Fsp3) is 0.391. The molecule has 4 aromatic rings. The molecule has 0 atom stereocenters. The van der Waals surface area contributed by atoms with Gasteiger partial charge in [-0.1, -0.05) is 6.07 Å². The van der Waals surface area contributed by atoms with Crippen molar-refractivity contribution in [2.24, 2.45) is 0 Å². The number of rotatable bonds is 7. The predicted octanol–water partition coefficient (Wildman–Crippen LogP) is 3.31. The quantitative estimate of drug-likeness (QED) is 0.405. The first-order valence-electron chi connectivity index (χ1n) is 10.9. The summed E-state index contributed by atoms with van der Waals surface area (Å²) in [5.74, 6) is 1.08. The molecule has 1 aliphatic carbocycles. The lowest BCUT2D eigenvalue weighted by atomic mass is 9.93. The number of methoxy groups -OCH3 is 1. The van der Waals surface area contributed by atoms with Gasteiger partial charge in [-0.25, -0.2) is 0 Å². The molecule has 1 saturated carbocycles. The molecule has 32 heavy (non-hydrogen) atoms. The molecular weight excluding hydrogens is 408 g/mol. The second-order valence-electron chi connectivity index (χ2n) is 8.00. The number of aliphatic hydroxyl groups is 1. The number of aromatic nitrogens is 5. The van der Waals surface area contributed by atoms with E-state index in [0.717, 1.165) is 58.7 Å². The number of benzene rings is 1. The lowest BCUT2D eigenvalue weighted by Crippen LogP contribution is -2.30. The predicted molar refractivity (Wildman–Crippen MR) is 122 cm³/mol. The number of anilines is 1. The number of fused-ring (bicyclic) bond motifs is 2. The van der Waals surface area contributed by atoms with Crippen LogP contribution in [0.5, 0.6) is 5.88 Å². The molecule has 0 saturated heterocycles. The molecule has 9 heteroatoms. The Morgan fingerprint density at radius 2 is 2.03 bits per heavy atom. The molecule has 0 aliphatic heterocycles. The molecule has 166 valence electrons. The minimum Gasteiger partial charge on any atom is -0.480 e. The molecule has 1 aliphatic rings. The van der Waals surface area contributed by atoms with Gasteiger partial charge in [0.25, 0.3) is 0 Å². The highest BCUT2D eigenvalue weighted by molar-refractivity contribution is 5.99. The second kappa shape index (κ2) is 9.05. The molecule has 0 unspecified atom stereocenters. The van der Waals surface area contributed by atoms with Crippen molar-refractivity contribution in [3.8, 4) is 17.0 Å². The molecule has 0 spiro atoms. The molecule has 9 nitrogen and oxygen atoms in total. The minimum atomic E-state index is 0.0667. The maximum Gasteiger partial charge on any atom is 0.228 e. The third kappa shape index (κ3) is 4.09. The molecule has 3 N–H and O–H groups in total. The average Bonchev–Trinajstić information content (AvgIpc) is 3.27. The number of hydrogen-bond acceptors (Lipinski definition) is 8. The summed E-state index contributed by atoms with van der Waals surface area (Å²) in [6, 6.07) is 8.28. The van der Waals surface area contributed by atoms with Crippen molar-refractivity contribution in [1.29, 1.82) is 0 Å². The fourth-order valence-corrected chi connectivity index (χ4v) is 4.37. The Hall–Kier alpha value is -3.30. The number of nitrogens with one attached hydrogen (secondary N) is 2. The number of ether oxygens (including phenoxy) is 2. The van der Waals surface area contributed by atoms with Crippen molar-refractivity contribution >= 4 is 27.9 Å². The Labute approximate surface area is 185 Å². The Balaban J connectivity index is 1.39. The van der Waals surface area contributed by atoms with Crippen LogP contribution in [0.3, 0.4) is 0 Å². The Kier molecular flexibility index (Phi) is 5.83. The lowest BCUT2D eigenvalue weighted by Gasteiger charge is -2.29. The van der Waals surface area contributed by atoms with Crippen molar-refractivity contribution in [2.75, 3.05) is 25.6 Å². The van der Waals surface area contributed by atoms with Crippen LogP contribution in [0.2, 0.25) is 0 Å². The molecule has 5 rings (SSSR count). The van der Waals surface area contributed by atoms with E-state index in [2.05, 4.69) is 31.5 Å². The monoisotopic (exact) mass is 434 g/mol. The zero-order valence-electron chi connectivity index (χ0n) is 17.9.